The van der Waals surface area contributed by atoms with Crippen LogP contribution in [0.1, 0.15) is 22.3 Å². The highest BCUT2D eigenvalue weighted by Gasteiger charge is 2.10. The van der Waals surface area contributed by atoms with Gasteiger partial charge < -0.3 is 4.74 Å². The molecule has 0 heterocycles. The van der Waals surface area contributed by atoms with E-state index in [0.29, 0.717) is 17.7 Å². The Morgan fingerprint density at radius 1 is 1.00 bits per heavy atom. The number of hydrogen-bond donors (Lipinski definition) is 0. The van der Waals surface area contributed by atoms with Crippen LogP contribution in [0.2, 0.25) is 0 Å². The van der Waals surface area contributed by atoms with Crippen LogP contribution in [0.3, 0.4) is 0 Å². The third-order valence-corrected chi connectivity index (χ3v) is 6.18. The van der Waals surface area contributed by atoms with Crippen LogP contribution in [0.5, 0.6) is 5.75 Å². The van der Waals surface area contributed by atoms with Crippen LogP contribution >= 0.6 is 61.1 Å². The first-order chi connectivity index (χ1) is 14.0. The van der Waals surface area contributed by atoms with Crippen LogP contribution < -0.4 is 4.74 Å². The lowest BCUT2D eigenvalue weighted by Gasteiger charge is -2.12. The summed E-state index contributed by atoms with van der Waals surface area (Å²) in [5.74, 6) is 0.830. The number of rotatable bonds is 5. The van der Waals surface area contributed by atoms with E-state index in [9.17, 15) is 5.26 Å². The average molecular weight is 667 g/mol. The zero-order valence-electron chi connectivity index (χ0n) is 15.0. The molecule has 0 aromatic heterocycles. The molecule has 0 unspecified atom stereocenters. The summed E-state index contributed by atoms with van der Waals surface area (Å²) in [4.78, 5) is 0. The zero-order chi connectivity index (χ0) is 20.8. The van der Waals surface area contributed by atoms with Crippen LogP contribution in [0.15, 0.2) is 65.1 Å². The molecule has 0 bridgehead atoms. The molecule has 0 spiro atoms. The molecule has 3 nitrogen and oxygen atoms in total. The van der Waals surface area contributed by atoms with Gasteiger partial charge >= 0.3 is 0 Å². The van der Waals surface area contributed by atoms with Gasteiger partial charge in [0.1, 0.15) is 12.4 Å². The summed E-state index contributed by atoms with van der Waals surface area (Å²) in [5, 5.41) is 18.7. The molecule has 3 aromatic rings. The third kappa shape index (κ3) is 5.81. The highest BCUT2D eigenvalue weighted by molar-refractivity contribution is 14.1. The van der Waals surface area contributed by atoms with E-state index in [1.807, 2.05) is 48.5 Å². The minimum atomic E-state index is 0.485. The van der Waals surface area contributed by atoms with Crippen molar-refractivity contribution in [3.05, 3.63) is 94.5 Å². The van der Waals surface area contributed by atoms with Crippen molar-refractivity contribution < 1.29 is 4.74 Å². The normalized spacial score (nSPS) is 10.9. The van der Waals surface area contributed by atoms with Gasteiger partial charge in [0.25, 0.3) is 0 Å². The number of allylic oxidation sites excluding steroid dienone is 1. The maximum absolute atomic E-state index is 9.59. The monoisotopic (exact) mass is 666 g/mol. The smallest absolute Gasteiger partial charge is 0.146 e. The number of ether oxygens (including phenoxy) is 1. The van der Waals surface area contributed by atoms with Crippen molar-refractivity contribution >= 4 is 72.8 Å². The number of nitrogens with zero attached hydrogens (tertiary/aromatic N) is 2. The maximum atomic E-state index is 9.59. The van der Waals surface area contributed by atoms with E-state index in [2.05, 4.69) is 73.3 Å². The topological polar surface area (TPSA) is 56.8 Å². The molecule has 0 atom stereocenters. The van der Waals surface area contributed by atoms with Gasteiger partial charge in [-0.15, -0.1) is 0 Å². The fourth-order valence-corrected chi connectivity index (χ4v) is 5.03. The van der Waals surface area contributed by atoms with E-state index in [-0.39, 0.29) is 0 Å². The van der Waals surface area contributed by atoms with Crippen LogP contribution in [0.4, 0.5) is 0 Å². The Kier molecular flexibility index (Phi) is 7.70. The maximum Gasteiger partial charge on any atom is 0.146 e. The zero-order valence-corrected chi connectivity index (χ0v) is 20.9. The summed E-state index contributed by atoms with van der Waals surface area (Å²) >= 11 is 7.94. The summed E-state index contributed by atoms with van der Waals surface area (Å²) in [6.07, 6.45) is 1.83. The largest absolute Gasteiger partial charge is 0.487 e. The van der Waals surface area contributed by atoms with Gasteiger partial charge in [0, 0.05) is 4.47 Å². The lowest BCUT2D eigenvalue weighted by molar-refractivity contribution is 0.301. The Morgan fingerprint density at radius 2 is 1.69 bits per heavy atom. The second-order valence-electron chi connectivity index (χ2n) is 6.09. The SMILES string of the molecule is N#C/C(=C/c1cc(I)c(OCc2ccc(Br)cc2)c(I)c1)c1cccc(C#N)c1. The molecule has 0 radical (unpaired) electrons. The van der Waals surface area contributed by atoms with Gasteiger partial charge in [0.05, 0.1) is 30.4 Å². The van der Waals surface area contributed by atoms with Gasteiger partial charge in [0.2, 0.25) is 0 Å². The van der Waals surface area contributed by atoms with E-state index >= 15 is 0 Å². The first kappa shape index (κ1) is 21.8. The van der Waals surface area contributed by atoms with Crippen molar-refractivity contribution in [2.75, 3.05) is 0 Å². The summed E-state index contributed by atoms with van der Waals surface area (Å²) in [7, 11) is 0. The second kappa shape index (κ2) is 10.2. The lowest BCUT2D eigenvalue weighted by Crippen LogP contribution is -1.99. The van der Waals surface area contributed by atoms with Crippen molar-refractivity contribution in [2.24, 2.45) is 0 Å². The Morgan fingerprint density at radius 3 is 2.31 bits per heavy atom. The summed E-state index contributed by atoms with van der Waals surface area (Å²) in [6.45, 7) is 0.485. The Balaban J connectivity index is 1.85. The van der Waals surface area contributed by atoms with Crippen molar-refractivity contribution in [1.29, 1.82) is 10.5 Å². The first-order valence-corrected chi connectivity index (χ1v) is 11.4. The standard InChI is InChI=1S/C23H13BrI2N2O/c24-20-6-4-15(5-7-20)14-29-23-21(25)10-17(11-22(23)26)9-19(13-28)18-3-1-2-16(8-18)12-27/h1-11H,14H2/b19-9-. The quantitative estimate of drug-likeness (QED) is 0.165. The Labute approximate surface area is 205 Å². The molecule has 142 valence electrons. The Hall–Kier alpha value is -1.88. The average Bonchev–Trinajstić information content (AvgIpc) is 2.72. The lowest BCUT2D eigenvalue weighted by atomic mass is 10.0. The second-order valence-corrected chi connectivity index (χ2v) is 9.33. The number of hydrogen-bond acceptors (Lipinski definition) is 3. The molecule has 0 fully saturated rings. The highest BCUT2D eigenvalue weighted by atomic mass is 127. The van der Waals surface area contributed by atoms with Gasteiger partial charge in [0.15, 0.2) is 0 Å². The molecule has 29 heavy (non-hydrogen) atoms. The van der Waals surface area contributed by atoms with E-state index in [4.69, 9.17) is 10.00 Å². The molecule has 0 aliphatic heterocycles. The summed E-state index contributed by atoms with van der Waals surface area (Å²) in [6, 6.07) is 23.4. The van der Waals surface area contributed by atoms with Gasteiger partial charge in [-0.25, -0.2) is 0 Å². The minimum Gasteiger partial charge on any atom is -0.487 e. The first-order valence-electron chi connectivity index (χ1n) is 8.49. The van der Waals surface area contributed by atoms with Gasteiger partial charge in [-0.1, -0.05) is 40.2 Å². The molecule has 0 N–H and O–H groups in total. The van der Waals surface area contributed by atoms with Crippen molar-refractivity contribution in [1.82, 2.24) is 0 Å². The third-order valence-electron chi connectivity index (χ3n) is 4.05. The van der Waals surface area contributed by atoms with E-state index in [1.54, 1.807) is 18.2 Å². The number of nitriles is 2. The fraction of sp³-hybridized carbons (Fsp3) is 0.0435. The molecule has 0 saturated heterocycles. The van der Waals surface area contributed by atoms with Crippen LogP contribution in [-0.2, 0) is 6.61 Å². The minimum absolute atomic E-state index is 0.485. The van der Waals surface area contributed by atoms with Crippen molar-refractivity contribution in [3.8, 4) is 17.9 Å². The molecule has 0 aliphatic carbocycles. The Bertz CT molecular complexity index is 1140. The molecule has 6 heteroatoms. The fourth-order valence-electron chi connectivity index (χ4n) is 2.64. The van der Waals surface area contributed by atoms with E-state index < -0.39 is 0 Å². The predicted molar refractivity (Wildman–Crippen MR) is 135 cm³/mol. The molecule has 3 rings (SSSR count). The van der Waals surface area contributed by atoms with Crippen LogP contribution in [-0.4, -0.2) is 0 Å². The molecular formula is C23H13BrI2N2O. The van der Waals surface area contributed by atoms with Gasteiger partial charge in [-0.3, -0.25) is 0 Å². The number of halogens is 3. The van der Waals surface area contributed by atoms with Gasteiger partial charge in [-0.05, 0) is 104 Å². The summed E-state index contributed by atoms with van der Waals surface area (Å²) < 4.78 is 9.03. The van der Waals surface area contributed by atoms with Crippen molar-refractivity contribution in [2.45, 2.75) is 6.61 Å². The molecule has 0 amide bonds. The summed E-state index contributed by atoms with van der Waals surface area (Å²) in [5.41, 5.74) is 3.77. The molecule has 3 aromatic carbocycles. The van der Waals surface area contributed by atoms with E-state index in [1.165, 1.54) is 0 Å². The molecule has 0 aliphatic rings. The molecule has 0 saturated carbocycles. The predicted octanol–water partition coefficient (Wildman–Crippen LogP) is 7.17. The highest BCUT2D eigenvalue weighted by Crippen LogP contribution is 2.31. The number of benzene rings is 3. The van der Waals surface area contributed by atoms with Crippen molar-refractivity contribution in [3.63, 3.8) is 0 Å². The van der Waals surface area contributed by atoms with Crippen LogP contribution in [0, 0.1) is 29.8 Å². The van der Waals surface area contributed by atoms with Crippen LogP contribution in [0.25, 0.3) is 11.6 Å². The van der Waals surface area contributed by atoms with E-state index in [0.717, 1.165) is 34.1 Å². The molecular weight excluding hydrogens is 654 g/mol. The van der Waals surface area contributed by atoms with Gasteiger partial charge in [-0.2, -0.15) is 10.5 Å².